The van der Waals surface area contributed by atoms with Crippen LogP contribution in [0.3, 0.4) is 0 Å². The normalized spacial score (nSPS) is 22.3. The predicted octanol–water partition coefficient (Wildman–Crippen LogP) is 1.77. The molecule has 0 aromatic carbocycles. The van der Waals surface area contributed by atoms with Crippen LogP contribution in [0.2, 0.25) is 0 Å². The van der Waals surface area contributed by atoms with Crippen LogP contribution in [-0.2, 0) is 11.3 Å². The van der Waals surface area contributed by atoms with Crippen LogP contribution in [0, 0.1) is 18.7 Å². The van der Waals surface area contributed by atoms with Crippen molar-refractivity contribution in [2.24, 2.45) is 5.92 Å². The quantitative estimate of drug-likeness (QED) is 0.839. The van der Waals surface area contributed by atoms with Gasteiger partial charge in [0, 0.05) is 44.4 Å². The fourth-order valence-corrected chi connectivity index (χ4v) is 2.99. The second-order valence-electron chi connectivity index (χ2n) is 5.66. The van der Waals surface area contributed by atoms with E-state index in [2.05, 4.69) is 20.0 Å². The first-order valence-electron chi connectivity index (χ1n) is 7.27. The lowest BCUT2D eigenvalue weighted by Gasteiger charge is -2.15. The summed E-state index contributed by atoms with van der Waals surface area (Å²) in [5.41, 5.74) is 0.647. The molecule has 0 saturated carbocycles. The molecule has 0 amide bonds. The van der Waals surface area contributed by atoms with Crippen molar-refractivity contribution in [3.8, 4) is 0 Å². The molecule has 7 heteroatoms. The van der Waals surface area contributed by atoms with Crippen molar-refractivity contribution < 1.29 is 13.7 Å². The summed E-state index contributed by atoms with van der Waals surface area (Å²) in [6.45, 7) is 4.51. The Kier molecular flexibility index (Phi) is 4.44. The maximum absolute atomic E-state index is 13.8. The molecule has 118 valence electrons. The van der Waals surface area contributed by atoms with Crippen LogP contribution >= 0.6 is 0 Å². The molecule has 22 heavy (non-hydrogen) atoms. The standard InChI is InChI=1S/C15H19FN4O2/c1-10-18-15(22-19-10)13-8-20(7-12(13)9-21-2)6-11-3-4-17-5-14(11)16/h3-5,12-13H,6-9H2,1-2H3/t12-,13+/m0/s1. The number of hydrogen-bond acceptors (Lipinski definition) is 6. The molecular formula is C15H19FN4O2. The Labute approximate surface area is 128 Å². The molecular weight excluding hydrogens is 287 g/mol. The molecule has 1 aliphatic heterocycles. The molecule has 3 rings (SSSR count). The van der Waals surface area contributed by atoms with Gasteiger partial charge in [0.2, 0.25) is 5.89 Å². The van der Waals surface area contributed by atoms with Crippen LogP contribution in [-0.4, -0.2) is 46.8 Å². The van der Waals surface area contributed by atoms with Crippen LogP contribution in [0.4, 0.5) is 4.39 Å². The first kappa shape index (κ1) is 15.1. The van der Waals surface area contributed by atoms with E-state index < -0.39 is 0 Å². The molecule has 0 unspecified atom stereocenters. The van der Waals surface area contributed by atoms with Crippen molar-refractivity contribution >= 4 is 0 Å². The van der Waals surface area contributed by atoms with Crippen LogP contribution in [0.25, 0.3) is 0 Å². The molecule has 0 bridgehead atoms. The summed E-state index contributed by atoms with van der Waals surface area (Å²) in [6, 6.07) is 1.71. The second-order valence-corrected chi connectivity index (χ2v) is 5.66. The van der Waals surface area contributed by atoms with Crippen molar-refractivity contribution in [3.05, 3.63) is 41.6 Å². The van der Waals surface area contributed by atoms with E-state index in [-0.39, 0.29) is 17.7 Å². The number of pyridine rings is 1. The van der Waals surface area contributed by atoms with E-state index in [0.29, 0.717) is 30.4 Å². The average Bonchev–Trinajstić information content (AvgIpc) is 3.08. The zero-order chi connectivity index (χ0) is 15.5. The Morgan fingerprint density at radius 3 is 3.00 bits per heavy atom. The lowest BCUT2D eigenvalue weighted by molar-refractivity contribution is 0.142. The molecule has 1 fully saturated rings. The first-order chi connectivity index (χ1) is 10.7. The van der Waals surface area contributed by atoms with Gasteiger partial charge in [0.05, 0.1) is 18.7 Å². The van der Waals surface area contributed by atoms with Gasteiger partial charge in [-0.2, -0.15) is 4.98 Å². The molecule has 0 spiro atoms. The molecule has 3 heterocycles. The largest absolute Gasteiger partial charge is 0.384 e. The second kappa shape index (κ2) is 6.50. The minimum Gasteiger partial charge on any atom is -0.384 e. The van der Waals surface area contributed by atoms with Crippen molar-refractivity contribution in [3.63, 3.8) is 0 Å². The van der Waals surface area contributed by atoms with Gasteiger partial charge in [0.25, 0.3) is 0 Å². The van der Waals surface area contributed by atoms with Gasteiger partial charge in [0.15, 0.2) is 5.82 Å². The van der Waals surface area contributed by atoms with E-state index in [4.69, 9.17) is 9.26 Å². The fraction of sp³-hybridized carbons (Fsp3) is 0.533. The molecule has 6 nitrogen and oxygen atoms in total. The zero-order valence-corrected chi connectivity index (χ0v) is 12.7. The highest BCUT2D eigenvalue weighted by atomic mass is 19.1. The van der Waals surface area contributed by atoms with Gasteiger partial charge >= 0.3 is 0 Å². The zero-order valence-electron chi connectivity index (χ0n) is 12.7. The summed E-state index contributed by atoms with van der Waals surface area (Å²) in [6.07, 6.45) is 2.86. The highest BCUT2D eigenvalue weighted by molar-refractivity contribution is 5.13. The number of nitrogens with zero attached hydrogens (tertiary/aromatic N) is 4. The maximum atomic E-state index is 13.8. The fourth-order valence-electron chi connectivity index (χ4n) is 2.99. The van der Waals surface area contributed by atoms with Gasteiger partial charge in [-0.3, -0.25) is 9.88 Å². The average molecular weight is 306 g/mol. The summed E-state index contributed by atoms with van der Waals surface area (Å²) < 4.78 is 24.4. The molecule has 2 aromatic rings. The molecule has 2 aromatic heterocycles. The maximum Gasteiger partial charge on any atom is 0.231 e. The Bertz CT molecular complexity index is 634. The van der Waals surface area contributed by atoms with E-state index >= 15 is 0 Å². The van der Waals surface area contributed by atoms with Gasteiger partial charge < -0.3 is 9.26 Å². The van der Waals surface area contributed by atoms with Gasteiger partial charge in [0.1, 0.15) is 5.82 Å². The topological polar surface area (TPSA) is 64.3 Å². The Hall–Kier alpha value is -1.86. The number of ether oxygens (including phenoxy) is 1. The van der Waals surface area contributed by atoms with Crippen LogP contribution in [0.5, 0.6) is 0 Å². The third-order valence-corrected chi connectivity index (χ3v) is 4.01. The van der Waals surface area contributed by atoms with E-state index in [9.17, 15) is 4.39 Å². The number of likely N-dealkylation sites (tertiary alicyclic amines) is 1. The minimum absolute atomic E-state index is 0.117. The summed E-state index contributed by atoms with van der Waals surface area (Å²) in [5.74, 6) is 1.37. The summed E-state index contributed by atoms with van der Waals surface area (Å²) in [4.78, 5) is 10.3. The molecule has 1 aliphatic rings. The Morgan fingerprint density at radius 2 is 2.32 bits per heavy atom. The third kappa shape index (κ3) is 3.15. The van der Waals surface area contributed by atoms with E-state index in [1.807, 2.05) is 0 Å². The molecule has 0 aliphatic carbocycles. The van der Waals surface area contributed by atoms with Crippen molar-refractivity contribution in [1.82, 2.24) is 20.0 Å². The highest BCUT2D eigenvalue weighted by Gasteiger charge is 2.37. The molecule has 0 radical (unpaired) electrons. The molecule has 2 atom stereocenters. The number of aryl methyl sites for hydroxylation is 1. The number of halogens is 1. The van der Waals surface area contributed by atoms with E-state index in [0.717, 1.165) is 13.1 Å². The number of aromatic nitrogens is 3. The molecule has 0 N–H and O–H groups in total. The van der Waals surface area contributed by atoms with Crippen LogP contribution in [0.15, 0.2) is 23.0 Å². The summed E-state index contributed by atoms with van der Waals surface area (Å²) in [5, 5.41) is 3.87. The minimum atomic E-state index is -0.275. The highest BCUT2D eigenvalue weighted by Crippen LogP contribution is 2.33. The smallest absolute Gasteiger partial charge is 0.231 e. The lowest BCUT2D eigenvalue weighted by atomic mass is 9.97. The van der Waals surface area contributed by atoms with Crippen molar-refractivity contribution in [1.29, 1.82) is 0 Å². The third-order valence-electron chi connectivity index (χ3n) is 4.01. The number of methoxy groups -OCH3 is 1. The molecule has 1 saturated heterocycles. The number of hydrogen-bond donors (Lipinski definition) is 0. The van der Waals surface area contributed by atoms with Crippen LogP contribution in [0.1, 0.15) is 23.2 Å². The van der Waals surface area contributed by atoms with Gasteiger partial charge in [-0.05, 0) is 13.0 Å². The van der Waals surface area contributed by atoms with Gasteiger partial charge in [-0.15, -0.1) is 0 Å². The number of rotatable bonds is 5. The van der Waals surface area contributed by atoms with Crippen molar-refractivity contribution in [2.75, 3.05) is 26.8 Å². The predicted molar refractivity (Wildman–Crippen MR) is 76.6 cm³/mol. The Balaban J connectivity index is 1.74. The van der Waals surface area contributed by atoms with Crippen molar-refractivity contribution in [2.45, 2.75) is 19.4 Å². The summed E-state index contributed by atoms with van der Waals surface area (Å²) >= 11 is 0. The van der Waals surface area contributed by atoms with Crippen LogP contribution < -0.4 is 0 Å². The van der Waals surface area contributed by atoms with E-state index in [1.165, 1.54) is 6.20 Å². The van der Waals surface area contributed by atoms with Gasteiger partial charge in [-0.1, -0.05) is 5.16 Å². The lowest BCUT2D eigenvalue weighted by Crippen LogP contribution is -2.21. The Morgan fingerprint density at radius 1 is 1.45 bits per heavy atom. The monoisotopic (exact) mass is 306 g/mol. The summed E-state index contributed by atoms with van der Waals surface area (Å²) in [7, 11) is 1.68. The SMILES string of the molecule is COC[C@@H]1CN(Cc2ccncc2F)C[C@H]1c1nc(C)no1. The van der Waals surface area contributed by atoms with Gasteiger partial charge in [-0.25, -0.2) is 4.39 Å². The van der Waals surface area contributed by atoms with E-state index in [1.54, 1.807) is 26.3 Å². The first-order valence-corrected chi connectivity index (χ1v) is 7.27.